The highest BCUT2D eigenvalue weighted by molar-refractivity contribution is 6.01. The number of hydrogen-bond donors (Lipinski definition) is 29. The number of carboxylic acid groups (broad SMARTS) is 1. The lowest BCUT2D eigenvalue weighted by Gasteiger charge is -2.28. The number of aromatic amines is 2. The fourth-order valence-electron chi connectivity index (χ4n) is 14.3. The lowest BCUT2D eigenvalue weighted by atomic mass is 10.0. The number of amides is 15. The van der Waals surface area contributed by atoms with E-state index in [-0.39, 0.29) is 153 Å². The number of aromatic hydroxyl groups is 1. The third kappa shape index (κ3) is 39.6. The normalized spacial score (nSPS) is 14.1. The summed E-state index contributed by atoms with van der Waals surface area (Å²) >= 11 is 0. The minimum absolute atomic E-state index is 0.00631. The fourth-order valence-corrected chi connectivity index (χ4v) is 14.3. The molecule has 0 unspecified atom stereocenters. The van der Waals surface area contributed by atoms with Crippen LogP contribution in [-0.4, -0.2) is 263 Å². The summed E-state index contributed by atoms with van der Waals surface area (Å²) in [6.45, 7) is 8.96. The summed E-state index contributed by atoms with van der Waals surface area (Å²) in [7, 11) is 0. The number of nitrogens with two attached hydrogens (primary N) is 5. The summed E-state index contributed by atoms with van der Waals surface area (Å²) in [6, 6.07) is 1.74. The Morgan fingerprint density at radius 2 is 0.684 bits per heavy atom. The molecular formula is C88H136N26O19. The summed E-state index contributed by atoms with van der Waals surface area (Å²) in [5.74, 6) is -15.7. The maximum Gasteiger partial charge on any atom is 0.326 e. The maximum atomic E-state index is 14.9. The van der Waals surface area contributed by atoms with Crippen LogP contribution in [0, 0.1) is 22.7 Å². The average molecular weight is 1860 g/mol. The first-order chi connectivity index (χ1) is 63.2. The molecule has 0 saturated heterocycles. The molecule has 0 radical (unpaired) electrons. The van der Waals surface area contributed by atoms with Gasteiger partial charge in [0, 0.05) is 73.5 Å². The highest BCUT2D eigenvalue weighted by atomic mass is 16.4. The van der Waals surface area contributed by atoms with Gasteiger partial charge in [-0.2, -0.15) is 0 Å². The summed E-state index contributed by atoms with van der Waals surface area (Å²) < 4.78 is 0. The highest BCUT2D eigenvalue weighted by Crippen LogP contribution is 2.23. The van der Waals surface area contributed by atoms with Gasteiger partial charge in [0.1, 0.15) is 84.3 Å². The van der Waals surface area contributed by atoms with Crippen molar-refractivity contribution in [2.24, 2.45) is 40.5 Å². The molecule has 5 aromatic rings. The molecule has 45 heteroatoms. The van der Waals surface area contributed by atoms with Gasteiger partial charge in [0.25, 0.3) is 0 Å². The molecule has 0 aliphatic rings. The number of phenols is 1. The fraction of sp³-hybridized carbons (Fsp3) is 0.545. The van der Waals surface area contributed by atoms with Gasteiger partial charge in [0.2, 0.25) is 88.6 Å². The Kier molecular flexibility index (Phi) is 47.6. The van der Waals surface area contributed by atoms with Crippen LogP contribution in [0.3, 0.4) is 0 Å². The molecule has 13 atom stereocenters. The van der Waals surface area contributed by atoms with Crippen molar-refractivity contribution in [1.82, 2.24) is 100 Å². The van der Waals surface area contributed by atoms with E-state index < -0.39 is 199 Å². The third-order valence-corrected chi connectivity index (χ3v) is 21.4. The number of nitrogens with one attached hydrogen (secondary N) is 21. The molecular weight excluding hydrogens is 1730 g/mol. The van der Waals surface area contributed by atoms with E-state index >= 15 is 0 Å². The molecule has 2 heterocycles. The molecule has 45 nitrogen and oxygen atoms in total. The van der Waals surface area contributed by atoms with E-state index in [0.29, 0.717) is 36.0 Å². The van der Waals surface area contributed by atoms with Crippen molar-refractivity contribution in [3.63, 3.8) is 0 Å². The van der Waals surface area contributed by atoms with Crippen molar-refractivity contribution in [1.29, 1.82) is 10.8 Å². The summed E-state index contributed by atoms with van der Waals surface area (Å²) in [6.07, 6.45) is 4.78. The minimum atomic E-state index is -1.80. The third-order valence-electron chi connectivity index (χ3n) is 21.4. The van der Waals surface area contributed by atoms with Gasteiger partial charge >= 0.3 is 5.97 Å². The molecule has 0 aliphatic carbocycles. The second kappa shape index (κ2) is 57.6. The number of aliphatic hydroxyl groups is 1. The summed E-state index contributed by atoms with van der Waals surface area (Å²) in [5, 5.41) is 91.0. The molecule has 732 valence electrons. The number of carbonyl (C=O) groups excluding carboxylic acids is 15. The number of hydrogen-bond acceptors (Lipinski definition) is 23. The molecule has 15 amide bonds. The number of aromatic nitrogens is 2. The molecule has 0 spiro atoms. The number of guanidine groups is 2. The number of phenolic OH excluding ortho intramolecular Hbond substituents is 1. The zero-order chi connectivity index (χ0) is 98.4. The Bertz CT molecular complexity index is 4740. The van der Waals surface area contributed by atoms with Gasteiger partial charge in [0.05, 0.1) is 19.7 Å². The van der Waals surface area contributed by atoms with Crippen LogP contribution < -0.4 is 119 Å². The van der Waals surface area contributed by atoms with E-state index in [1.807, 2.05) is 42.5 Å². The molecule has 0 bridgehead atoms. The Labute approximate surface area is 771 Å². The predicted octanol–water partition coefficient (Wildman–Crippen LogP) is -3.94. The number of carboxylic acids is 1. The van der Waals surface area contributed by atoms with Crippen molar-refractivity contribution in [3.05, 3.63) is 102 Å². The molecule has 0 fully saturated rings. The molecule has 3 aromatic carbocycles. The van der Waals surface area contributed by atoms with Crippen LogP contribution in [0.2, 0.25) is 0 Å². The van der Waals surface area contributed by atoms with Gasteiger partial charge in [-0.05, 0) is 183 Å². The first-order valence-corrected chi connectivity index (χ1v) is 44.7. The van der Waals surface area contributed by atoms with E-state index in [4.69, 9.17) is 39.5 Å². The molecule has 133 heavy (non-hydrogen) atoms. The topological polar surface area (TPSA) is 748 Å². The lowest BCUT2D eigenvalue weighted by Crippen LogP contribution is -2.60. The van der Waals surface area contributed by atoms with E-state index in [2.05, 4.69) is 100 Å². The van der Waals surface area contributed by atoms with Crippen LogP contribution in [0.25, 0.3) is 21.8 Å². The first kappa shape index (κ1) is 110. The first-order valence-electron chi connectivity index (χ1n) is 44.7. The van der Waals surface area contributed by atoms with Gasteiger partial charge in [0.15, 0.2) is 11.9 Å². The van der Waals surface area contributed by atoms with Crippen molar-refractivity contribution in [3.8, 4) is 5.75 Å². The zero-order valence-corrected chi connectivity index (χ0v) is 76.4. The number of para-hydroxylation sites is 2. The molecule has 2 aromatic heterocycles. The van der Waals surface area contributed by atoms with Crippen molar-refractivity contribution < 1.29 is 92.0 Å². The molecule has 34 N–H and O–H groups in total. The lowest BCUT2D eigenvalue weighted by molar-refractivity contribution is -0.142. The van der Waals surface area contributed by atoms with Crippen LogP contribution in [0.15, 0.2) is 85.2 Å². The van der Waals surface area contributed by atoms with Gasteiger partial charge in [-0.25, -0.2) is 4.79 Å². The Balaban J connectivity index is 1.30. The van der Waals surface area contributed by atoms with Crippen molar-refractivity contribution >= 4 is 128 Å². The summed E-state index contributed by atoms with van der Waals surface area (Å²) in [4.78, 5) is 229. The number of carbonyl (C=O) groups is 16. The second-order valence-electron chi connectivity index (χ2n) is 33.5. The average Bonchev–Trinajstić information content (AvgIpc) is 1.69. The number of unbranched alkanes of at least 4 members (excludes halogenated alkanes) is 3. The van der Waals surface area contributed by atoms with Crippen LogP contribution in [0.4, 0.5) is 0 Å². The monoisotopic (exact) mass is 1860 g/mol. The van der Waals surface area contributed by atoms with Gasteiger partial charge in [-0.15, -0.1) is 0 Å². The van der Waals surface area contributed by atoms with Crippen LogP contribution in [0.5, 0.6) is 5.75 Å². The Morgan fingerprint density at radius 3 is 1.09 bits per heavy atom. The van der Waals surface area contributed by atoms with Crippen LogP contribution in [0.1, 0.15) is 161 Å². The number of rotatable bonds is 61. The second-order valence-corrected chi connectivity index (χ2v) is 33.5. The van der Waals surface area contributed by atoms with E-state index in [9.17, 15) is 92.0 Å². The zero-order valence-electron chi connectivity index (χ0n) is 76.4. The smallest absolute Gasteiger partial charge is 0.326 e. The molecule has 5 rings (SSSR count). The molecule has 0 aliphatic heterocycles. The quantitative estimate of drug-likeness (QED) is 0.0100. The number of benzene rings is 3. The Morgan fingerprint density at radius 1 is 0.361 bits per heavy atom. The maximum absolute atomic E-state index is 14.9. The van der Waals surface area contributed by atoms with Crippen LogP contribution >= 0.6 is 0 Å². The molecule has 0 saturated carbocycles. The number of H-pyrrole nitrogens is 2. The van der Waals surface area contributed by atoms with E-state index in [0.717, 1.165) is 21.8 Å². The van der Waals surface area contributed by atoms with Crippen LogP contribution in [-0.2, 0) is 96.0 Å². The van der Waals surface area contributed by atoms with E-state index in [1.165, 1.54) is 45.0 Å². The number of aliphatic carboxylic acids is 1. The SMILES string of the molecule is CC(=O)N[C@@H](Cc1c[nH]c2ccccc12)C(=O)N[C@@H](Cc1c[nH]c2ccccc12)C(=O)NCC(=O)N[C@@H](CCCCN)C(=O)N[C@@H](CCCCN)C(=O)N[C@@H](Cc1ccc(O)cc1)C(=O)N[C@@H](CCCNC(=N)N)C(=O)N[C@@H](C)C(=O)N[C@@H](CO)C(=O)N[C@@H](CCCCN)C(=O)N[C@@H](CC(C)C)C(=O)NCC(=O)N[C@@H](CC(C)C)C(=O)N[C@@H](C)C(=O)N[C@@H](CCCNC(=N)N)C(=O)O. The largest absolute Gasteiger partial charge is 0.508 e. The van der Waals surface area contributed by atoms with E-state index in [1.54, 1.807) is 46.2 Å². The Hall–Kier alpha value is -13.6. The minimum Gasteiger partial charge on any atom is -0.508 e. The highest BCUT2D eigenvalue weighted by Gasteiger charge is 2.37. The summed E-state index contributed by atoms with van der Waals surface area (Å²) in [5.41, 5.74) is 31.7. The predicted molar refractivity (Wildman–Crippen MR) is 495 cm³/mol. The van der Waals surface area contributed by atoms with Gasteiger partial charge in [-0.1, -0.05) is 76.2 Å². The van der Waals surface area contributed by atoms with Gasteiger partial charge < -0.3 is 144 Å². The standard InChI is InChI=1S/C88H136N26O19/c1-48(2)38-66(76(122)100-46-73(119)106-67(39-49(3)4)82(128)103-50(5)74(120)110-65(86(132)133)28-19-37-97-88(94)95)111-80(126)63(26-14-17-35-91)109-85(131)71(47-115)114-75(121)51(6)102-78(124)64(27-18-36-96-87(92)93)108-83(129)68(40-53-29-31-56(117)32-30-53)112-81(127)62(25-13-16-34-90)107-79(125)61(24-12-15-33-89)105-72(118)45-101-77(123)69(41-54-43-98-59-22-10-8-20-57(54)59)113-84(130)70(104-52(7)116)42-55-44-99-60-23-11-9-21-58(55)60/h8-11,20-23,29-32,43-44,48-51,61-71,98-99,115,117H,12-19,24-28,33-42,45-47,89-91H2,1-7H3,(H,100,122)(H,101,123)(H,102,124)(H,103,128)(H,104,116)(H,105,118)(H,106,119)(H,107,125)(H,108,129)(H,109,131)(H,110,120)(H,111,126)(H,112,127)(H,113,130)(H,114,121)(H,132,133)(H4,92,93,96)(H4,94,95,97)/t50-,51-,61-,62-,63-,64-,65-,66-,67-,68-,69-,70-,71-/m0/s1. The number of fused-ring (bicyclic) bond motifs is 2. The van der Waals surface area contributed by atoms with Crippen molar-refractivity contribution in [2.45, 2.75) is 243 Å². The number of aliphatic hydroxyl groups excluding tert-OH is 1. The van der Waals surface area contributed by atoms with Gasteiger partial charge in [-0.3, -0.25) is 82.7 Å². The van der Waals surface area contributed by atoms with Crippen molar-refractivity contribution in [2.75, 3.05) is 52.4 Å².